The van der Waals surface area contributed by atoms with E-state index in [2.05, 4.69) is 29.3 Å². The van der Waals surface area contributed by atoms with Gasteiger partial charge in [0.15, 0.2) is 0 Å². The summed E-state index contributed by atoms with van der Waals surface area (Å²) in [6.45, 7) is 7.38. The van der Waals surface area contributed by atoms with Crippen LogP contribution in [0.25, 0.3) is 0 Å². The number of nitrogens with one attached hydrogen (secondary N) is 1. The topological polar surface area (TPSA) is 15.3 Å². The van der Waals surface area contributed by atoms with Gasteiger partial charge in [-0.3, -0.25) is 0 Å². The third kappa shape index (κ3) is 3.91. The van der Waals surface area contributed by atoms with Crippen LogP contribution in [0, 0.1) is 5.92 Å². The van der Waals surface area contributed by atoms with Gasteiger partial charge in [-0.1, -0.05) is 12.2 Å². The van der Waals surface area contributed by atoms with Crippen molar-refractivity contribution in [2.24, 2.45) is 5.92 Å². The number of likely N-dealkylation sites (tertiary alicyclic amines) is 1. The van der Waals surface area contributed by atoms with Gasteiger partial charge in [0.2, 0.25) is 0 Å². The zero-order chi connectivity index (χ0) is 11.2. The van der Waals surface area contributed by atoms with Crippen molar-refractivity contribution in [1.82, 2.24) is 10.2 Å². The molecular formula is C14H26N2. The number of allylic oxidation sites excluding steroid dienone is 2. The smallest absolute Gasteiger partial charge is 0.0166 e. The van der Waals surface area contributed by atoms with Crippen molar-refractivity contribution >= 4 is 0 Å². The number of hydrogen-bond donors (Lipinski definition) is 1. The first-order chi connectivity index (χ1) is 7.84. The molecule has 92 valence electrons. The highest BCUT2D eigenvalue weighted by Crippen LogP contribution is 2.19. The monoisotopic (exact) mass is 222 g/mol. The molecule has 0 aromatic rings. The Kier molecular flexibility index (Phi) is 4.86. The van der Waals surface area contributed by atoms with E-state index in [-0.39, 0.29) is 0 Å². The molecule has 0 aromatic carbocycles. The minimum Gasteiger partial charge on any atom is -0.313 e. The lowest BCUT2D eigenvalue weighted by Gasteiger charge is -2.21. The Labute approximate surface area is 100 Å². The highest BCUT2D eigenvalue weighted by Gasteiger charge is 2.14. The second-order valence-corrected chi connectivity index (χ2v) is 5.42. The van der Waals surface area contributed by atoms with E-state index in [4.69, 9.17) is 0 Å². The van der Waals surface area contributed by atoms with Gasteiger partial charge in [0, 0.05) is 12.6 Å². The number of rotatable bonds is 6. The Morgan fingerprint density at radius 2 is 2.19 bits per heavy atom. The summed E-state index contributed by atoms with van der Waals surface area (Å²) in [7, 11) is 0. The van der Waals surface area contributed by atoms with Crippen LogP contribution in [0.4, 0.5) is 0 Å². The molecule has 2 nitrogen and oxygen atoms in total. The van der Waals surface area contributed by atoms with E-state index in [1.54, 1.807) is 0 Å². The Morgan fingerprint density at radius 1 is 1.38 bits per heavy atom. The van der Waals surface area contributed by atoms with Gasteiger partial charge in [-0.15, -0.1) is 0 Å². The van der Waals surface area contributed by atoms with E-state index < -0.39 is 0 Å². The van der Waals surface area contributed by atoms with Gasteiger partial charge >= 0.3 is 0 Å². The average Bonchev–Trinajstić information content (AvgIpc) is 2.90. The Morgan fingerprint density at radius 3 is 2.88 bits per heavy atom. The molecule has 0 saturated carbocycles. The summed E-state index contributed by atoms with van der Waals surface area (Å²) in [6.07, 6.45) is 11.5. The summed E-state index contributed by atoms with van der Waals surface area (Å²) in [5.41, 5.74) is 0. The molecular weight excluding hydrogens is 196 g/mol. The predicted octanol–water partition coefficient (Wildman–Crippen LogP) is 2.42. The Balaban J connectivity index is 1.52. The first kappa shape index (κ1) is 12.1. The van der Waals surface area contributed by atoms with Gasteiger partial charge in [0.25, 0.3) is 0 Å². The van der Waals surface area contributed by atoms with Crippen LogP contribution in [0.15, 0.2) is 12.2 Å². The van der Waals surface area contributed by atoms with Gasteiger partial charge in [-0.05, 0) is 64.6 Å². The molecule has 0 amide bonds. The second kappa shape index (κ2) is 6.41. The molecule has 1 fully saturated rings. The van der Waals surface area contributed by atoms with Crippen molar-refractivity contribution in [3.8, 4) is 0 Å². The Bertz CT molecular complexity index is 219. The second-order valence-electron chi connectivity index (χ2n) is 5.42. The van der Waals surface area contributed by atoms with Crippen molar-refractivity contribution in [3.05, 3.63) is 12.2 Å². The molecule has 1 heterocycles. The minimum atomic E-state index is 0.656. The number of nitrogens with zero attached hydrogens (tertiary/aromatic N) is 1. The molecule has 2 atom stereocenters. The van der Waals surface area contributed by atoms with E-state index >= 15 is 0 Å². The van der Waals surface area contributed by atoms with E-state index in [1.165, 1.54) is 58.3 Å². The number of hydrogen-bond acceptors (Lipinski definition) is 2. The third-order valence-electron chi connectivity index (χ3n) is 3.85. The fourth-order valence-corrected chi connectivity index (χ4v) is 2.87. The van der Waals surface area contributed by atoms with Crippen molar-refractivity contribution in [2.45, 2.75) is 45.1 Å². The van der Waals surface area contributed by atoms with E-state index in [0.29, 0.717) is 6.04 Å². The molecule has 1 N–H and O–H groups in total. The fraction of sp³-hybridized carbons (Fsp3) is 0.857. The molecule has 16 heavy (non-hydrogen) atoms. The largest absolute Gasteiger partial charge is 0.313 e. The van der Waals surface area contributed by atoms with Gasteiger partial charge in [0.05, 0.1) is 0 Å². The van der Waals surface area contributed by atoms with Gasteiger partial charge in [0.1, 0.15) is 0 Å². The van der Waals surface area contributed by atoms with Crippen LogP contribution in [0.2, 0.25) is 0 Å². The maximum Gasteiger partial charge on any atom is 0.0166 e. The lowest BCUT2D eigenvalue weighted by Crippen LogP contribution is -2.38. The SMILES string of the molecule is CC(CN1CCCC1)NCCC1C=CCC1. The maximum absolute atomic E-state index is 3.66. The molecule has 1 aliphatic carbocycles. The van der Waals surface area contributed by atoms with Crippen molar-refractivity contribution in [2.75, 3.05) is 26.2 Å². The summed E-state index contributed by atoms with van der Waals surface area (Å²) in [5, 5.41) is 3.66. The fourth-order valence-electron chi connectivity index (χ4n) is 2.87. The molecule has 2 aliphatic rings. The van der Waals surface area contributed by atoms with Crippen molar-refractivity contribution < 1.29 is 0 Å². The lowest BCUT2D eigenvalue weighted by molar-refractivity contribution is 0.297. The third-order valence-corrected chi connectivity index (χ3v) is 3.85. The molecule has 0 spiro atoms. The normalized spacial score (nSPS) is 27.7. The molecule has 2 rings (SSSR count). The zero-order valence-corrected chi connectivity index (χ0v) is 10.6. The molecule has 0 aromatic heterocycles. The summed E-state index contributed by atoms with van der Waals surface area (Å²) in [4.78, 5) is 2.59. The van der Waals surface area contributed by atoms with Crippen LogP contribution in [-0.2, 0) is 0 Å². The van der Waals surface area contributed by atoms with Crippen LogP contribution in [-0.4, -0.2) is 37.1 Å². The molecule has 2 unspecified atom stereocenters. The molecule has 0 radical (unpaired) electrons. The minimum absolute atomic E-state index is 0.656. The quantitative estimate of drug-likeness (QED) is 0.694. The van der Waals surface area contributed by atoms with Crippen molar-refractivity contribution in [1.29, 1.82) is 0 Å². The van der Waals surface area contributed by atoms with Gasteiger partial charge < -0.3 is 10.2 Å². The highest BCUT2D eigenvalue weighted by molar-refractivity contribution is 4.96. The van der Waals surface area contributed by atoms with E-state index in [1.807, 2.05) is 0 Å². The van der Waals surface area contributed by atoms with Crippen LogP contribution in [0.3, 0.4) is 0 Å². The summed E-state index contributed by atoms with van der Waals surface area (Å²) < 4.78 is 0. The average molecular weight is 222 g/mol. The first-order valence-corrected chi connectivity index (χ1v) is 6.97. The summed E-state index contributed by atoms with van der Waals surface area (Å²) in [6, 6.07) is 0.656. The summed E-state index contributed by atoms with van der Waals surface area (Å²) >= 11 is 0. The van der Waals surface area contributed by atoms with Crippen molar-refractivity contribution in [3.63, 3.8) is 0 Å². The standard InChI is InChI=1S/C14H26N2/c1-13(12-16-10-4-5-11-16)15-9-8-14-6-2-3-7-14/h2,6,13-15H,3-5,7-12H2,1H3. The first-order valence-electron chi connectivity index (χ1n) is 6.97. The van der Waals surface area contributed by atoms with Gasteiger partial charge in [-0.25, -0.2) is 0 Å². The maximum atomic E-state index is 3.66. The Hall–Kier alpha value is -0.340. The van der Waals surface area contributed by atoms with Crippen LogP contribution < -0.4 is 5.32 Å². The van der Waals surface area contributed by atoms with E-state index in [0.717, 1.165) is 5.92 Å². The molecule has 1 aliphatic heterocycles. The summed E-state index contributed by atoms with van der Waals surface area (Å²) in [5.74, 6) is 0.853. The molecule has 2 heteroatoms. The molecule has 1 saturated heterocycles. The van der Waals surface area contributed by atoms with Crippen LogP contribution in [0.5, 0.6) is 0 Å². The molecule has 0 bridgehead atoms. The highest BCUT2D eigenvalue weighted by atomic mass is 15.2. The van der Waals surface area contributed by atoms with Gasteiger partial charge in [-0.2, -0.15) is 0 Å². The zero-order valence-electron chi connectivity index (χ0n) is 10.6. The van der Waals surface area contributed by atoms with Crippen LogP contribution >= 0.6 is 0 Å². The van der Waals surface area contributed by atoms with E-state index in [9.17, 15) is 0 Å². The predicted molar refractivity (Wildman–Crippen MR) is 69.6 cm³/mol. The lowest BCUT2D eigenvalue weighted by atomic mass is 10.1. The van der Waals surface area contributed by atoms with Crippen LogP contribution in [0.1, 0.15) is 39.0 Å².